The fraction of sp³-hybridized carbons (Fsp3) is 0.200. The maximum atomic E-state index is 11.0. The zero-order chi connectivity index (χ0) is 15.2. The molecule has 0 saturated carbocycles. The second-order valence-electron chi connectivity index (χ2n) is 4.61. The van der Waals surface area contributed by atoms with Crippen LogP contribution in [0.2, 0.25) is 0 Å². The first-order valence-corrected chi connectivity index (χ1v) is 7.21. The van der Waals surface area contributed by atoms with Gasteiger partial charge in [-0.2, -0.15) is 0 Å². The van der Waals surface area contributed by atoms with Crippen molar-refractivity contribution in [1.82, 2.24) is 5.32 Å². The average Bonchev–Trinajstić information content (AvgIpc) is 2.48. The van der Waals surface area contributed by atoms with Gasteiger partial charge in [-0.15, -0.1) is 0 Å². The Morgan fingerprint density at radius 2 is 1.76 bits per heavy atom. The third-order valence-corrected chi connectivity index (χ3v) is 3.58. The molecule has 0 saturated heterocycles. The molecule has 0 heterocycles. The number of nitrogens with zero attached hydrogens (tertiary/aromatic N) is 1. The molecule has 6 heteroatoms. The van der Waals surface area contributed by atoms with E-state index in [1.807, 2.05) is 24.3 Å². The molecule has 21 heavy (non-hydrogen) atoms. The number of rotatable bonds is 6. The normalized spacial score (nSPS) is 10.6. The van der Waals surface area contributed by atoms with E-state index >= 15 is 0 Å². The molecule has 5 nitrogen and oxygen atoms in total. The van der Waals surface area contributed by atoms with Gasteiger partial charge in [0.25, 0.3) is 5.69 Å². The predicted molar refractivity (Wildman–Crippen MR) is 83.7 cm³/mol. The molecule has 0 aromatic heterocycles. The lowest BCUT2D eigenvalue weighted by Gasteiger charge is -2.07. The Morgan fingerprint density at radius 3 is 2.38 bits per heavy atom. The minimum absolute atomic E-state index is 0.0257. The highest BCUT2D eigenvalue weighted by Gasteiger charge is 2.13. The molecule has 110 valence electrons. The van der Waals surface area contributed by atoms with Gasteiger partial charge < -0.3 is 10.4 Å². The summed E-state index contributed by atoms with van der Waals surface area (Å²) in [6, 6.07) is 12.5. The number of benzene rings is 2. The minimum atomic E-state index is -0.376. The quantitative estimate of drug-likeness (QED) is 0.619. The maximum Gasteiger partial charge on any atom is 0.273 e. The summed E-state index contributed by atoms with van der Waals surface area (Å²) in [6.45, 7) is 1.05. The molecule has 0 aliphatic rings. The largest absolute Gasteiger partial charge is 0.392 e. The lowest BCUT2D eigenvalue weighted by Crippen LogP contribution is -2.13. The molecule has 0 unspecified atom stereocenters. The molecule has 2 N–H and O–H groups in total. The minimum Gasteiger partial charge on any atom is -0.392 e. The summed E-state index contributed by atoms with van der Waals surface area (Å²) in [6.07, 6.45) is 0. The van der Waals surface area contributed by atoms with E-state index in [-0.39, 0.29) is 17.2 Å². The molecule has 0 fully saturated rings. The van der Waals surface area contributed by atoms with Crippen LogP contribution in [0, 0.1) is 10.1 Å². The first kappa shape index (κ1) is 15.6. The average molecular weight is 351 g/mol. The van der Waals surface area contributed by atoms with Crippen molar-refractivity contribution in [1.29, 1.82) is 0 Å². The summed E-state index contributed by atoms with van der Waals surface area (Å²) in [7, 11) is 0. The van der Waals surface area contributed by atoms with E-state index in [0.29, 0.717) is 18.7 Å². The molecule has 0 aliphatic carbocycles. The number of hydrogen-bond acceptors (Lipinski definition) is 4. The molecule has 2 rings (SSSR count). The molecular weight excluding hydrogens is 336 g/mol. The Kier molecular flexibility index (Phi) is 5.44. The lowest BCUT2D eigenvalue weighted by molar-refractivity contribution is -0.385. The monoisotopic (exact) mass is 350 g/mol. The van der Waals surface area contributed by atoms with Crippen LogP contribution in [0.15, 0.2) is 46.9 Å². The summed E-state index contributed by atoms with van der Waals surface area (Å²) < 4.78 is 0.817. The first-order valence-electron chi connectivity index (χ1n) is 6.42. The van der Waals surface area contributed by atoms with E-state index in [1.165, 1.54) is 6.07 Å². The molecule has 0 bridgehead atoms. The van der Waals surface area contributed by atoms with Crippen molar-refractivity contribution in [2.24, 2.45) is 0 Å². The summed E-state index contributed by atoms with van der Waals surface area (Å²) in [5.74, 6) is 0. The van der Waals surface area contributed by atoms with E-state index in [2.05, 4.69) is 21.2 Å². The summed E-state index contributed by atoms with van der Waals surface area (Å²) in [4.78, 5) is 10.6. The molecule has 0 atom stereocenters. The standard InChI is InChI=1S/C15H15BrN2O3/c16-14-5-6-15(18(20)21)13(7-14)9-17-8-11-1-3-12(10-19)4-2-11/h1-7,17,19H,8-10H2. The van der Waals surface area contributed by atoms with Crippen LogP contribution in [0.25, 0.3) is 0 Å². The van der Waals surface area contributed by atoms with Crippen molar-refractivity contribution in [3.63, 3.8) is 0 Å². The number of halogens is 1. The highest BCUT2D eigenvalue weighted by Crippen LogP contribution is 2.22. The van der Waals surface area contributed by atoms with Crippen LogP contribution >= 0.6 is 15.9 Å². The van der Waals surface area contributed by atoms with Crippen molar-refractivity contribution < 1.29 is 10.0 Å². The van der Waals surface area contributed by atoms with Gasteiger partial charge in [-0.3, -0.25) is 10.1 Å². The third kappa shape index (κ3) is 4.35. The van der Waals surface area contributed by atoms with Crippen LogP contribution < -0.4 is 5.32 Å². The lowest BCUT2D eigenvalue weighted by atomic mass is 10.1. The Labute approximate surface area is 130 Å². The summed E-state index contributed by atoms with van der Waals surface area (Å²) >= 11 is 3.32. The Bertz CT molecular complexity index is 629. The smallest absolute Gasteiger partial charge is 0.273 e. The van der Waals surface area contributed by atoms with Crippen molar-refractivity contribution in [2.45, 2.75) is 19.7 Å². The first-order chi connectivity index (χ1) is 10.1. The van der Waals surface area contributed by atoms with Gasteiger partial charge in [0, 0.05) is 29.2 Å². The van der Waals surface area contributed by atoms with Gasteiger partial charge >= 0.3 is 0 Å². The van der Waals surface area contributed by atoms with Crippen molar-refractivity contribution in [3.8, 4) is 0 Å². The van der Waals surface area contributed by atoms with Gasteiger partial charge in [0.1, 0.15) is 0 Å². The fourth-order valence-electron chi connectivity index (χ4n) is 1.98. The molecule has 0 amide bonds. The molecule has 0 aliphatic heterocycles. The Hall–Kier alpha value is -1.76. The van der Waals surface area contributed by atoms with Gasteiger partial charge in [0.15, 0.2) is 0 Å². The van der Waals surface area contributed by atoms with Crippen LogP contribution in [0.3, 0.4) is 0 Å². The second-order valence-corrected chi connectivity index (χ2v) is 5.52. The van der Waals surface area contributed by atoms with Crippen molar-refractivity contribution in [2.75, 3.05) is 0 Å². The van der Waals surface area contributed by atoms with E-state index in [0.717, 1.165) is 15.6 Å². The van der Waals surface area contributed by atoms with Crippen LogP contribution in [0.1, 0.15) is 16.7 Å². The van der Waals surface area contributed by atoms with Crippen molar-refractivity contribution >= 4 is 21.6 Å². The third-order valence-electron chi connectivity index (χ3n) is 3.09. The van der Waals surface area contributed by atoms with E-state index < -0.39 is 0 Å². The van der Waals surface area contributed by atoms with Crippen LogP contribution in [0.5, 0.6) is 0 Å². The second kappa shape index (κ2) is 7.31. The van der Waals surface area contributed by atoms with Gasteiger partial charge in [-0.05, 0) is 23.3 Å². The SMILES string of the molecule is O=[N+]([O-])c1ccc(Br)cc1CNCc1ccc(CO)cc1. The number of aliphatic hydroxyl groups is 1. The number of hydrogen-bond donors (Lipinski definition) is 2. The van der Waals surface area contributed by atoms with Gasteiger partial charge in [-0.1, -0.05) is 40.2 Å². The highest BCUT2D eigenvalue weighted by molar-refractivity contribution is 9.10. The summed E-state index contributed by atoms with van der Waals surface area (Å²) in [5, 5.41) is 23.1. The van der Waals surface area contributed by atoms with Crippen LogP contribution in [-0.2, 0) is 19.7 Å². The summed E-state index contributed by atoms with van der Waals surface area (Å²) in [5.41, 5.74) is 2.67. The fourth-order valence-corrected chi connectivity index (χ4v) is 2.39. The molecule has 2 aromatic rings. The maximum absolute atomic E-state index is 11.0. The van der Waals surface area contributed by atoms with E-state index in [1.54, 1.807) is 12.1 Å². The zero-order valence-corrected chi connectivity index (χ0v) is 12.8. The number of nitro groups is 1. The van der Waals surface area contributed by atoms with Gasteiger partial charge in [-0.25, -0.2) is 0 Å². The topological polar surface area (TPSA) is 75.4 Å². The molecule has 0 radical (unpaired) electrons. The molecule has 2 aromatic carbocycles. The zero-order valence-electron chi connectivity index (χ0n) is 11.3. The van der Waals surface area contributed by atoms with E-state index in [4.69, 9.17) is 5.11 Å². The number of nitrogens with one attached hydrogen (secondary N) is 1. The predicted octanol–water partition coefficient (Wildman–Crippen LogP) is 3.14. The molecule has 0 spiro atoms. The highest BCUT2D eigenvalue weighted by atomic mass is 79.9. The van der Waals surface area contributed by atoms with Crippen molar-refractivity contribution in [3.05, 3.63) is 73.7 Å². The van der Waals surface area contributed by atoms with Crippen LogP contribution in [-0.4, -0.2) is 10.0 Å². The van der Waals surface area contributed by atoms with Gasteiger partial charge in [0.05, 0.1) is 11.5 Å². The molecular formula is C15H15BrN2O3. The number of nitro benzene ring substituents is 1. The Morgan fingerprint density at radius 1 is 1.10 bits per heavy atom. The Balaban J connectivity index is 1.99. The van der Waals surface area contributed by atoms with E-state index in [9.17, 15) is 10.1 Å². The number of aliphatic hydroxyl groups excluding tert-OH is 1. The van der Waals surface area contributed by atoms with Gasteiger partial charge in [0.2, 0.25) is 0 Å². The van der Waals surface area contributed by atoms with Crippen LogP contribution in [0.4, 0.5) is 5.69 Å².